The Morgan fingerprint density at radius 1 is 1.53 bits per heavy atom. The van der Waals surface area contributed by atoms with Crippen LogP contribution in [0, 0.1) is 0 Å². The Balaban J connectivity index is 3.02. The zero-order valence-corrected chi connectivity index (χ0v) is 12.8. The summed E-state index contributed by atoms with van der Waals surface area (Å²) in [5.74, 6) is -0.565. The van der Waals surface area contributed by atoms with Crippen LogP contribution < -0.4 is 5.73 Å². The minimum absolute atomic E-state index is 0.128. The molecule has 0 unspecified atom stereocenters. The Kier molecular flexibility index (Phi) is 5.33. The van der Waals surface area contributed by atoms with Crippen LogP contribution in [0.4, 0.5) is 5.69 Å². The van der Waals surface area contributed by atoms with Gasteiger partial charge in [-0.05, 0) is 26.8 Å². The molecule has 0 fully saturated rings. The Morgan fingerprint density at radius 3 is 2.58 bits per heavy atom. The second-order valence-electron chi connectivity index (χ2n) is 4.15. The van der Waals surface area contributed by atoms with Crippen LogP contribution in [0.5, 0.6) is 0 Å². The molecule has 8 heteroatoms. The molecule has 0 atom stereocenters. The van der Waals surface area contributed by atoms with Crippen LogP contribution in [-0.2, 0) is 19.6 Å². The molecule has 6 nitrogen and oxygen atoms in total. The molecule has 2 N–H and O–H groups in total. The summed E-state index contributed by atoms with van der Waals surface area (Å²) < 4.78 is 30.8. The van der Waals surface area contributed by atoms with Crippen molar-refractivity contribution in [2.75, 3.05) is 18.9 Å². The van der Waals surface area contributed by atoms with Crippen LogP contribution in [0.1, 0.15) is 20.8 Å². The summed E-state index contributed by atoms with van der Waals surface area (Å²) in [4.78, 5) is 11.5. The number of thiophene rings is 1. The molecule has 1 heterocycles. The van der Waals surface area contributed by atoms with E-state index in [1.807, 2.05) is 0 Å². The third-order valence-electron chi connectivity index (χ3n) is 2.32. The van der Waals surface area contributed by atoms with E-state index in [1.165, 1.54) is 6.07 Å². The van der Waals surface area contributed by atoms with Gasteiger partial charge in [-0.2, -0.15) is 4.31 Å². The molecular formula is C11H18N2O4S2. The van der Waals surface area contributed by atoms with Crippen molar-refractivity contribution in [3.8, 4) is 0 Å². The lowest BCUT2D eigenvalue weighted by Gasteiger charge is -2.24. The van der Waals surface area contributed by atoms with Crippen molar-refractivity contribution in [3.63, 3.8) is 0 Å². The third kappa shape index (κ3) is 3.92. The lowest BCUT2D eigenvalue weighted by Crippen LogP contribution is -2.40. The fraction of sp³-hybridized carbons (Fsp3) is 0.545. The van der Waals surface area contributed by atoms with Crippen LogP contribution in [0.15, 0.2) is 15.7 Å². The smallest absolute Gasteiger partial charge is 0.321 e. The minimum Gasteiger partial charge on any atom is -0.465 e. The van der Waals surface area contributed by atoms with Gasteiger partial charge in [-0.15, -0.1) is 11.3 Å². The Hall–Kier alpha value is -1.12. The van der Waals surface area contributed by atoms with Crippen LogP contribution in [-0.4, -0.2) is 37.9 Å². The molecule has 19 heavy (non-hydrogen) atoms. The zero-order valence-electron chi connectivity index (χ0n) is 11.1. The van der Waals surface area contributed by atoms with E-state index in [1.54, 1.807) is 26.2 Å². The van der Waals surface area contributed by atoms with Crippen LogP contribution >= 0.6 is 11.3 Å². The van der Waals surface area contributed by atoms with Gasteiger partial charge in [0.15, 0.2) is 0 Å². The second kappa shape index (κ2) is 6.36. The first-order chi connectivity index (χ1) is 8.78. The molecule has 0 amide bonds. The van der Waals surface area contributed by atoms with Gasteiger partial charge in [0.2, 0.25) is 0 Å². The van der Waals surface area contributed by atoms with Crippen molar-refractivity contribution in [2.45, 2.75) is 31.0 Å². The number of hydrogen-bond acceptors (Lipinski definition) is 6. The topological polar surface area (TPSA) is 89.7 Å². The summed E-state index contributed by atoms with van der Waals surface area (Å²) in [5.41, 5.74) is 5.93. The Bertz CT molecular complexity index is 537. The maximum absolute atomic E-state index is 12.4. The highest BCUT2D eigenvalue weighted by Gasteiger charge is 2.30. The summed E-state index contributed by atoms with van der Waals surface area (Å²) in [6, 6.07) is 1.04. The molecule has 0 aliphatic heterocycles. The number of rotatable bonds is 6. The first kappa shape index (κ1) is 15.9. The molecule has 108 valence electrons. The molecule has 1 aromatic heterocycles. The number of nitrogens with zero attached hydrogens (tertiary/aromatic N) is 1. The molecule has 0 bridgehead atoms. The monoisotopic (exact) mass is 306 g/mol. The number of nitrogen functional groups attached to an aromatic ring is 1. The van der Waals surface area contributed by atoms with Crippen molar-refractivity contribution >= 4 is 33.0 Å². The fourth-order valence-corrected chi connectivity index (χ4v) is 4.25. The van der Waals surface area contributed by atoms with E-state index >= 15 is 0 Å². The maximum Gasteiger partial charge on any atom is 0.321 e. The molecule has 0 saturated carbocycles. The number of esters is 1. The quantitative estimate of drug-likeness (QED) is 0.800. The highest BCUT2D eigenvalue weighted by molar-refractivity contribution is 7.91. The predicted molar refractivity (Wildman–Crippen MR) is 74.4 cm³/mol. The van der Waals surface area contributed by atoms with E-state index in [2.05, 4.69) is 0 Å². The second-order valence-corrected chi connectivity index (χ2v) is 7.18. The van der Waals surface area contributed by atoms with Crippen molar-refractivity contribution < 1.29 is 17.9 Å². The summed E-state index contributed by atoms with van der Waals surface area (Å²) in [5, 5.41) is 1.55. The van der Waals surface area contributed by atoms with Gasteiger partial charge in [0.05, 0.1) is 6.61 Å². The number of sulfonamides is 1. The molecule has 0 radical (unpaired) electrons. The van der Waals surface area contributed by atoms with E-state index in [0.29, 0.717) is 5.69 Å². The highest BCUT2D eigenvalue weighted by atomic mass is 32.2. The first-order valence-corrected chi connectivity index (χ1v) is 8.12. The standard InChI is InChI=1S/C11H18N2O4S2/c1-4-17-10(14)6-13(8(2)3)19(15,16)11-5-9(12)7-18-11/h5,7-8H,4,6,12H2,1-3H3. The lowest BCUT2D eigenvalue weighted by atomic mass is 10.4. The van der Waals surface area contributed by atoms with E-state index in [-0.39, 0.29) is 23.4 Å². The van der Waals surface area contributed by atoms with Crippen LogP contribution in [0.25, 0.3) is 0 Å². The normalized spacial score (nSPS) is 12.1. The summed E-state index contributed by atoms with van der Waals surface area (Å²) in [6.45, 7) is 5.00. The van der Waals surface area contributed by atoms with Crippen molar-refractivity contribution in [2.24, 2.45) is 0 Å². The number of anilines is 1. The molecule has 0 saturated heterocycles. The van der Waals surface area contributed by atoms with Gasteiger partial charge in [-0.3, -0.25) is 4.79 Å². The SMILES string of the molecule is CCOC(=O)CN(C(C)C)S(=O)(=O)c1cc(N)cs1. The molecular weight excluding hydrogens is 288 g/mol. The average Bonchev–Trinajstić information content (AvgIpc) is 2.73. The van der Waals surface area contributed by atoms with Gasteiger partial charge in [0.1, 0.15) is 10.8 Å². The summed E-state index contributed by atoms with van der Waals surface area (Å²) in [7, 11) is -3.72. The third-order valence-corrected chi connectivity index (χ3v) is 5.78. The Morgan fingerprint density at radius 2 is 2.16 bits per heavy atom. The van der Waals surface area contributed by atoms with Gasteiger partial charge in [-0.1, -0.05) is 0 Å². The summed E-state index contributed by atoms with van der Waals surface area (Å²) in [6.07, 6.45) is 0. The van der Waals surface area contributed by atoms with E-state index in [9.17, 15) is 13.2 Å². The van der Waals surface area contributed by atoms with Gasteiger partial charge in [0.25, 0.3) is 10.0 Å². The van der Waals surface area contributed by atoms with Crippen molar-refractivity contribution in [1.82, 2.24) is 4.31 Å². The first-order valence-electron chi connectivity index (χ1n) is 5.80. The minimum atomic E-state index is -3.72. The van der Waals surface area contributed by atoms with E-state index in [4.69, 9.17) is 10.5 Å². The number of hydrogen-bond donors (Lipinski definition) is 1. The van der Waals surface area contributed by atoms with Crippen molar-refractivity contribution in [3.05, 3.63) is 11.4 Å². The van der Waals surface area contributed by atoms with Gasteiger partial charge in [0, 0.05) is 17.1 Å². The molecule has 0 spiro atoms. The lowest BCUT2D eigenvalue weighted by molar-refractivity contribution is -0.143. The largest absolute Gasteiger partial charge is 0.465 e. The van der Waals surface area contributed by atoms with E-state index in [0.717, 1.165) is 15.6 Å². The molecule has 0 aliphatic carbocycles. The predicted octanol–water partition coefficient (Wildman–Crippen LogP) is 1.29. The molecule has 1 rings (SSSR count). The zero-order chi connectivity index (χ0) is 14.6. The fourth-order valence-electron chi connectivity index (χ4n) is 1.46. The number of nitrogens with two attached hydrogens (primary N) is 1. The molecule has 0 aromatic carbocycles. The Labute approximate surface area is 117 Å². The number of ether oxygens (including phenoxy) is 1. The number of carbonyl (C=O) groups is 1. The number of carbonyl (C=O) groups excluding carboxylic acids is 1. The van der Waals surface area contributed by atoms with Crippen molar-refractivity contribution in [1.29, 1.82) is 0 Å². The summed E-state index contributed by atoms with van der Waals surface area (Å²) >= 11 is 1.04. The van der Waals surface area contributed by atoms with Crippen LogP contribution in [0.2, 0.25) is 0 Å². The van der Waals surface area contributed by atoms with Gasteiger partial charge in [-0.25, -0.2) is 8.42 Å². The highest BCUT2D eigenvalue weighted by Crippen LogP contribution is 2.26. The van der Waals surface area contributed by atoms with Gasteiger partial charge < -0.3 is 10.5 Å². The average molecular weight is 306 g/mol. The molecule has 1 aromatic rings. The maximum atomic E-state index is 12.4. The molecule has 0 aliphatic rings. The van der Waals surface area contributed by atoms with E-state index < -0.39 is 16.0 Å². The van der Waals surface area contributed by atoms with Gasteiger partial charge >= 0.3 is 5.97 Å². The van der Waals surface area contributed by atoms with Crippen LogP contribution in [0.3, 0.4) is 0 Å².